The highest BCUT2D eigenvalue weighted by Crippen LogP contribution is 2.46. The van der Waals surface area contributed by atoms with Crippen molar-refractivity contribution in [2.45, 2.75) is 65.6 Å². The van der Waals surface area contributed by atoms with Gasteiger partial charge in [-0.2, -0.15) is 0 Å². The normalized spacial score (nSPS) is 17.6. The molecule has 7 nitrogen and oxygen atoms in total. The van der Waals surface area contributed by atoms with Gasteiger partial charge in [-0.05, 0) is 43.9 Å². The Morgan fingerprint density at radius 1 is 1.15 bits per heavy atom. The van der Waals surface area contributed by atoms with Crippen molar-refractivity contribution >= 4 is 17.9 Å². The molecule has 0 bridgehead atoms. The minimum absolute atomic E-state index is 0.0488. The Kier molecular flexibility index (Phi) is 7.59. The Morgan fingerprint density at radius 2 is 1.79 bits per heavy atom. The van der Waals surface area contributed by atoms with Crippen molar-refractivity contribution in [1.29, 1.82) is 0 Å². The smallest absolute Gasteiger partial charge is 0.338 e. The van der Waals surface area contributed by atoms with Gasteiger partial charge in [0.25, 0.3) is 0 Å². The lowest BCUT2D eigenvalue weighted by Crippen LogP contribution is -2.73. The third kappa shape index (κ3) is 4.62. The summed E-state index contributed by atoms with van der Waals surface area (Å²) in [6.07, 6.45) is 1.45. The summed E-state index contributed by atoms with van der Waals surface area (Å²) in [6, 6.07) is 10.4. The van der Waals surface area contributed by atoms with Crippen LogP contribution >= 0.6 is 0 Å². The maximum atomic E-state index is 14.2. The quantitative estimate of drug-likeness (QED) is 0.476. The Labute approximate surface area is 198 Å². The molecule has 2 atom stereocenters. The second-order valence-corrected chi connectivity index (χ2v) is 8.66. The van der Waals surface area contributed by atoms with Gasteiger partial charge < -0.3 is 15.2 Å². The standard InChI is InChI=1S/C26H31FN2O5/c1-5-8-21(17-11-9-16(4)10-12-17)28-25(33)29-23(32)26(6-2,7-3)24(29)34-18-13-14-19(22(30)31)20(27)15-18/h9-15,21,24H,5-8H2,1-4H3,(H,28,33)(H,30,31)/t21-,24+/m1/s1. The van der Waals surface area contributed by atoms with Crippen LogP contribution in [-0.4, -0.2) is 34.1 Å². The number of aromatic carboxylic acids is 1. The third-order valence-electron chi connectivity index (χ3n) is 6.61. The molecule has 1 aliphatic heterocycles. The van der Waals surface area contributed by atoms with Crippen molar-refractivity contribution in [2.75, 3.05) is 0 Å². The molecule has 0 aromatic heterocycles. The van der Waals surface area contributed by atoms with Crippen LogP contribution in [0, 0.1) is 18.2 Å². The predicted octanol–water partition coefficient (Wildman–Crippen LogP) is 5.44. The lowest BCUT2D eigenvalue weighted by Gasteiger charge is -2.53. The Balaban J connectivity index is 1.86. The van der Waals surface area contributed by atoms with Crippen molar-refractivity contribution in [2.24, 2.45) is 5.41 Å². The molecule has 2 N–H and O–H groups in total. The van der Waals surface area contributed by atoms with Gasteiger partial charge in [-0.15, -0.1) is 0 Å². The number of carboxylic acid groups (broad SMARTS) is 1. The monoisotopic (exact) mass is 470 g/mol. The van der Waals surface area contributed by atoms with E-state index in [0.717, 1.165) is 34.6 Å². The number of benzene rings is 2. The van der Waals surface area contributed by atoms with E-state index in [1.807, 2.05) is 52.0 Å². The maximum absolute atomic E-state index is 14.2. The number of β-lactam (4-membered cyclic amide) rings is 1. The largest absolute Gasteiger partial charge is 0.478 e. The molecule has 0 radical (unpaired) electrons. The number of aryl methyl sites for hydroxylation is 1. The summed E-state index contributed by atoms with van der Waals surface area (Å²) in [5, 5.41) is 12.0. The molecule has 1 aliphatic rings. The van der Waals surface area contributed by atoms with E-state index in [9.17, 15) is 18.8 Å². The summed E-state index contributed by atoms with van der Waals surface area (Å²) in [5.41, 5.74) is 0.636. The summed E-state index contributed by atoms with van der Waals surface area (Å²) >= 11 is 0. The fraction of sp³-hybridized carbons (Fsp3) is 0.423. The molecule has 0 unspecified atom stereocenters. The number of nitrogens with one attached hydrogen (secondary N) is 1. The summed E-state index contributed by atoms with van der Waals surface area (Å²) in [7, 11) is 0. The van der Waals surface area contributed by atoms with E-state index in [4.69, 9.17) is 9.84 Å². The first-order valence-corrected chi connectivity index (χ1v) is 11.6. The molecular weight excluding hydrogens is 439 g/mol. The van der Waals surface area contributed by atoms with Gasteiger partial charge in [-0.25, -0.2) is 18.9 Å². The lowest BCUT2D eigenvalue weighted by atomic mass is 9.72. The van der Waals surface area contributed by atoms with Gasteiger partial charge in [0, 0.05) is 6.07 Å². The van der Waals surface area contributed by atoms with E-state index in [1.165, 1.54) is 6.07 Å². The zero-order chi connectivity index (χ0) is 25.0. The minimum Gasteiger partial charge on any atom is -0.478 e. The summed E-state index contributed by atoms with van der Waals surface area (Å²) in [4.78, 5) is 38.6. The minimum atomic E-state index is -1.39. The SMILES string of the molecule is CCC[C@@H](NC(=O)N1C(=O)C(CC)(CC)[C@@H]1Oc1ccc(C(=O)O)c(F)c1)c1ccc(C)cc1. The highest BCUT2D eigenvalue weighted by molar-refractivity contribution is 6.03. The first kappa shape index (κ1) is 25.2. The molecule has 0 saturated carbocycles. The van der Waals surface area contributed by atoms with Crippen molar-refractivity contribution in [3.63, 3.8) is 0 Å². The van der Waals surface area contributed by atoms with E-state index < -0.39 is 35.0 Å². The van der Waals surface area contributed by atoms with Crippen LogP contribution in [0.5, 0.6) is 5.75 Å². The number of amides is 3. The number of carboxylic acids is 1. The average molecular weight is 471 g/mol. The molecule has 8 heteroatoms. The van der Waals surface area contributed by atoms with Crippen LogP contribution in [0.1, 0.15) is 74.0 Å². The Morgan fingerprint density at radius 3 is 2.32 bits per heavy atom. The van der Waals surface area contributed by atoms with E-state index in [2.05, 4.69) is 5.32 Å². The fourth-order valence-corrected chi connectivity index (χ4v) is 4.40. The third-order valence-corrected chi connectivity index (χ3v) is 6.61. The molecule has 1 fully saturated rings. The number of imide groups is 1. The van der Waals surface area contributed by atoms with Gasteiger partial charge in [-0.3, -0.25) is 4.79 Å². The topological polar surface area (TPSA) is 95.9 Å². The molecule has 1 heterocycles. The maximum Gasteiger partial charge on any atom is 0.338 e. The second kappa shape index (κ2) is 10.2. The lowest BCUT2D eigenvalue weighted by molar-refractivity contribution is -0.191. The number of hydrogen-bond acceptors (Lipinski definition) is 4. The van der Waals surface area contributed by atoms with Crippen molar-refractivity contribution in [3.05, 3.63) is 65.0 Å². The Hall–Kier alpha value is -3.42. The molecule has 0 spiro atoms. The number of halogens is 1. The highest BCUT2D eigenvalue weighted by Gasteiger charge is 2.63. The molecule has 3 amide bonds. The molecule has 3 rings (SSSR count). The van der Waals surface area contributed by atoms with Gasteiger partial charge in [0.05, 0.1) is 11.6 Å². The molecule has 34 heavy (non-hydrogen) atoms. The molecule has 1 saturated heterocycles. The number of ether oxygens (including phenoxy) is 1. The molecule has 2 aromatic carbocycles. The van der Waals surface area contributed by atoms with E-state index in [0.29, 0.717) is 19.3 Å². The van der Waals surface area contributed by atoms with Crippen LogP contribution < -0.4 is 10.1 Å². The van der Waals surface area contributed by atoms with Crippen molar-refractivity contribution < 1.29 is 28.6 Å². The summed E-state index contributed by atoms with van der Waals surface area (Å²) < 4.78 is 20.2. The van der Waals surface area contributed by atoms with E-state index >= 15 is 0 Å². The zero-order valence-corrected chi connectivity index (χ0v) is 19.9. The van der Waals surface area contributed by atoms with Gasteiger partial charge in [0.1, 0.15) is 17.0 Å². The van der Waals surface area contributed by atoms with Crippen LogP contribution in [0.15, 0.2) is 42.5 Å². The number of nitrogens with zero attached hydrogens (tertiary/aromatic N) is 1. The number of carbonyl (C=O) groups is 3. The number of carbonyl (C=O) groups excluding carboxylic acids is 2. The van der Waals surface area contributed by atoms with Crippen LogP contribution in [-0.2, 0) is 4.79 Å². The highest BCUT2D eigenvalue weighted by atomic mass is 19.1. The molecular formula is C26H31FN2O5. The van der Waals surface area contributed by atoms with Crippen LogP contribution in [0.3, 0.4) is 0 Å². The molecule has 182 valence electrons. The Bertz CT molecular complexity index is 1070. The van der Waals surface area contributed by atoms with E-state index in [1.54, 1.807) is 0 Å². The van der Waals surface area contributed by atoms with E-state index in [-0.39, 0.29) is 17.7 Å². The van der Waals surface area contributed by atoms with Gasteiger partial charge in [-0.1, -0.05) is 57.0 Å². The van der Waals surface area contributed by atoms with Crippen molar-refractivity contribution in [1.82, 2.24) is 10.2 Å². The fourth-order valence-electron chi connectivity index (χ4n) is 4.40. The average Bonchev–Trinajstić information content (AvgIpc) is 2.80. The van der Waals surface area contributed by atoms with Gasteiger partial charge >= 0.3 is 12.0 Å². The number of rotatable bonds is 9. The molecule has 0 aliphatic carbocycles. The van der Waals surface area contributed by atoms with Crippen LogP contribution in [0.4, 0.5) is 9.18 Å². The van der Waals surface area contributed by atoms with Gasteiger partial charge in [0.2, 0.25) is 5.91 Å². The predicted molar refractivity (Wildman–Crippen MR) is 125 cm³/mol. The molecule has 2 aromatic rings. The number of hydrogen-bond donors (Lipinski definition) is 2. The zero-order valence-electron chi connectivity index (χ0n) is 19.9. The number of urea groups is 1. The van der Waals surface area contributed by atoms with Crippen LogP contribution in [0.2, 0.25) is 0 Å². The first-order chi connectivity index (χ1) is 16.2. The van der Waals surface area contributed by atoms with Gasteiger partial charge in [0.15, 0.2) is 6.23 Å². The van der Waals surface area contributed by atoms with Crippen molar-refractivity contribution in [3.8, 4) is 5.75 Å². The summed E-state index contributed by atoms with van der Waals surface area (Å²) in [6.45, 7) is 7.68. The number of likely N-dealkylation sites (tertiary alicyclic amines) is 1. The summed E-state index contributed by atoms with van der Waals surface area (Å²) in [5.74, 6) is -2.64. The first-order valence-electron chi connectivity index (χ1n) is 11.6. The second-order valence-electron chi connectivity index (χ2n) is 8.66. The van der Waals surface area contributed by atoms with Crippen LogP contribution in [0.25, 0.3) is 0 Å².